The Labute approximate surface area is 136 Å². The molecule has 0 radical (unpaired) electrons. The number of carbonyl (C=O) groups excluding carboxylic acids is 1. The highest BCUT2D eigenvalue weighted by Gasteiger charge is 2.13. The van der Waals surface area contributed by atoms with Crippen molar-refractivity contribution < 1.29 is 14.3 Å². The van der Waals surface area contributed by atoms with E-state index in [1.807, 2.05) is 37.3 Å². The van der Waals surface area contributed by atoms with Crippen molar-refractivity contribution in [1.82, 2.24) is 5.32 Å². The average molecular weight is 315 g/mol. The molecule has 0 saturated heterocycles. The zero-order chi connectivity index (χ0) is 16.7. The second kappa shape index (κ2) is 8.44. The van der Waals surface area contributed by atoms with Gasteiger partial charge in [0, 0.05) is 19.4 Å². The van der Waals surface area contributed by atoms with Gasteiger partial charge in [-0.05, 0) is 29.2 Å². The molecule has 2 unspecified atom stereocenters. The molecule has 0 aromatic heterocycles. The molecule has 2 aromatic rings. The number of aliphatic hydroxyl groups is 1. The van der Waals surface area contributed by atoms with E-state index in [1.165, 1.54) is 12.1 Å². The summed E-state index contributed by atoms with van der Waals surface area (Å²) in [4.78, 5) is 12.0. The molecule has 0 bridgehead atoms. The van der Waals surface area contributed by atoms with Crippen molar-refractivity contribution in [3.8, 4) is 0 Å². The van der Waals surface area contributed by atoms with Gasteiger partial charge in [0.1, 0.15) is 5.82 Å². The van der Waals surface area contributed by atoms with Crippen LogP contribution in [0.4, 0.5) is 4.39 Å². The minimum atomic E-state index is -0.609. The molecule has 2 N–H and O–H groups in total. The van der Waals surface area contributed by atoms with Gasteiger partial charge in [-0.25, -0.2) is 4.39 Å². The minimum Gasteiger partial charge on any atom is -0.391 e. The zero-order valence-corrected chi connectivity index (χ0v) is 13.2. The molecule has 2 aromatic carbocycles. The fourth-order valence-corrected chi connectivity index (χ4v) is 2.45. The number of nitrogens with one attached hydrogen (secondary N) is 1. The minimum absolute atomic E-state index is 0.00173. The van der Waals surface area contributed by atoms with Gasteiger partial charge in [-0.1, -0.05) is 49.4 Å². The maximum Gasteiger partial charge on any atom is 0.220 e. The lowest BCUT2D eigenvalue weighted by molar-refractivity contribution is -0.121. The number of aliphatic hydroxyl groups excluding tert-OH is 1. The summed E-state index contributed by atoms with van der Waals surface area (Å²) in [5, 5.41) is 12.7. The smallest absolute Gasteiger partial charge is 0.220 e. The van der Waals surface area contributed by atoms with E-state index in [0.717, 1.165) is 11.1 Å². The van der Waals surface area contributed by atoms with Crippen LogP contribution in [0.25, 0.3) is 0 Å². The van der Waals surface area contributed by atoms with E-state index in [1.54, 1.807) is 12.1 Å². The summed E-state index contributed by atoms with van der Waals surface area (Å²) in [5.41, 5.74) is 1.96. The molecule has 0 aliphatic rings. The van der Waals surface area contributed by atoms with Gasteiger partial charge in [0.2, 0.25) is 5.91 Å². The third-order valence-corrected chi connectivity index (χ3v) is 3.78. The molecule has 0 fully saturated rings. The molecule has 0 saturated carbocycles. The second-order valence-corrected chi connectivity index (χ2v) is 5.80. The lowest BCUT2D eigenvalue weighted by Crippen LogP contribution is -2.33. The summed E-state index contributed by atoms with van der Waals surface area (Å²) in [6.45, 7) is 2.15. The Morgan fingerprint density at radius 1 is 1.13 bits per heavy atom. The van der Waals surface area contributed by atoms with Crippen LogP contribution in [0.3, 0.4) is 0 Å². The molecule has 3 nitrogen and oxygen atoms in total. The number of amides is 1. The van der Waals surface area contributed by atoms with Crippen LogP contribution in [0.1, 0.15) is 30.4 Å². The van der Waals surface area contributed by atoms with Crippen molar-refractivity contribution in [3.63, 3.8) is 0 Å². The van der Waals surface area contributed by atoms with Crippen LogP contribution >= 0.6 is 0 Å². The van der Waals surface area contributed by atoms with E-state index in [0.29, 0.717) is 12.8 Å². The highest BCUT2D eigenvalue weighted by Crippen LogP contribution is 2.19. The van der Waals surface area contributed by atoms with Crippen LogP contribution in [-0.4, -0.2) is 23.7 Å². The molecule has 122 valence electrons. The van der Waals surface area contributed by atoms with Crippen LogP contribution in [-0.2, 0) is 11.2 Å². The lowest BCUT2D eigenvalue weighted by atomic mass is 9.97. The highest BCUT2D eigenvalue weighted by atomic mass is 19.1. The molecule has 1 amide bonds. The van der Waals surface area contributed by atoms with Crippen molar-refractivity contribution in [1.29, 1.82) is 0 Å². The molecule has 0 spiro atoms. The summed E-state index contributed by atoms with van der Waals surface area (Å²) in [6.07, 6.45) is 0.209. The SMILES string of the molecule is CC(CC(=O)NCC(O)Cc1ccccc1)c1ccc(F)cc1. The Morgan fingerprint density at radius 3 is 2.43 bits per heavy atom. The number of benzene rings is 2. The van der Waals surface area contributed by atoms with E-state index in [4.69, 9.17) is 0 Å². The summed E-state index contributed by atoms with van der Waals surface area (Å²) in [7, 11) is 0. The normalized spacial score (nSPS) is 13.3. The van der Waals surface area contributed by atoms with Crippen molar-refractivity contribution >= 4 is 5.91 Å². The lowest BCUT2D eigenvalue weighted by Gasteiger charge is -2.15. The molecular formula is C19H22FNO2. The molecule has 0 aliphatic heterocycles. The fourth-order valence-electron chi connectivity index (χ4n) is 2.45. The van der Waals surface area contributed by atoms with Crippen LogP contribution in [0.15, 0.2) is 54.6 Å². The van der Waals surface area contributed by atoms with E-state index >= 15 is 0 Å². The Bertz CT molecular complexity index is 613. The third kappa shape index (κ3) is 5.83. The third-order valence-electron chi connectivity index (χ3n) is 3.78. The van der Waals surface area contributed by atoms with Gasteiger partial charge in [0.15, 0.2) is 0 Å². The topological polar surface area (TPSA) is 49.3 Å². The predicted molar refractivity (Wildman–Crippen MR) is 88.6 cm³/mol. The van der Waals surface area contributed by atoms with Crippen molar-refractivity contribution in [3.05, 3.63) is 71.5 Å². The number of rotatable bonds is 7. The Morgan fingerprint density at radius 2 is 1.78 bits per heavy atom. The zero-order valence-electron chi connectivity index (χ0n) is 13.2. The summed E-state index contributed by atoms with van der Waals surface area (Å²) in [5.74, 6) is -0.398. The largest absolute Gasteiger partial charge is 0.391 e. The van der Waals surface area contributed by atoms with Gasteiger partial charge >= 0.3 is 0 Å². The maximum absolute atomic E-state index is 12.9. The number of carbonyl (C=O) groups is 1. The number of halogens is 1. The molecule has 2 rings (SSSR count). The number of hydrogen-bond donors (Lipinski definition) is 2. The fraction of sp³-hybridized carbons (Fsp3) is 0.316. The summed E-state index contributed by atoms with van der Waals surface area (Å²) >= 11 is 0. The molecule has 0 aliphatic carbocycles. The summed E-state index contributed by atoms with van der Waals surface area (Å²) < 4.78 is 12.9. The number of hydrogen-bond acceptors (Lipinski definition) is 2. The molecule has 4 heteroatoms. The van der Waals surface area contributed by atoms with Crippen molar-refractivity contribution in [2.75, 3.05) is 6.54 Å². The Kier molecular flexibility index (Phi) is 6.29. The molecule has 23 heavy (non-hydrogen) atoms. The molecule has 0 heterocycles. The predicted octanol–water partition coefficient (Wildman–Crippen LogP) is 3.04. The van der Waals surface area contributed by atoms with Gasteiger partial charge in [-0.3, -0.25) is 4.79 Å². The van der Waals surface area contributed by atoms with Crippen LogP contribution in [0.2, 0.25) is 0 Å². The van der Waals surface area contributed by atoms with Gasteiger partial charge in [-0.15, -0.1) is 0 Å². The molecular weight excluding hydrogens is 293 g/mol. The van der Waals surface area contributed by atoms with Crippen molar-refractivity contribution in [2.45, 2.75) is 31.8 Å². The van der Waals surface area contributed by atoms with Gasteiger partial charge in [-0.2, -0.15) is 0 Å². The first kappa shape index (κ1) is 17.2. The maximum atomic E-state index is 12.9. The van der Waals surface area contributed by atoms with Crippen LogP contribution < -0.4 is 5.32 Å². The van der Waals surface area contributed by atoms with E-state index in [2.05, 4.69) is 5.32 Å². The quantitative estimate of drug-likeness (QED) is 0.825. The van der Waals surface area contributed by atoms with Gasteiger partial charge in [0.05, 0.1) is 6.10 Å². The van der Waals surface area contributed by atoms with Gasteiger partial charge in [0.25, 0.3) is 0 Å². The summed E-state index contributed by atoms with van der Waals surface area (Å²) in [6, 6.07) is 15.8. The first-order valence-electron chi connectivity index (χ1n) is 7.78. The Hall–Kier alpha value is -2.20. The van der Waals surface area contributed by atoms with E-state index < -0.39 is 6.10 Å². The van der Waals surface area contributed by atoms with Crippen LogP contribution in [0.5, 0.6) is 0 Å². The first-order valence-corrected chi connectivity index (χ1v) is 7.78. The van der Waals surface area contributed by atoms with E-state index in [-0.39, 0.29) is 24.2 Å². The van der Waals surface area contributed by atoms with Gasteiger partial charge < -0.3 is 10.4 Å². The van der Waals surface area contributed by atoms with Crippen molar-refractivity contribution in [2.24, 2.45) is 0 Å². The second-order valence-electron chi connectivity index (χ2n) is 5.80. The van der Waals surface area contributed by atoms with E-state index in [9.17, 15) is 14.3 Å². The first-order chi connectivity index (χ1) is 11.0. The standard InChI is InChI=1S/C19H22FNO2/c1-14(16-7-9-17(20)10-8-16)11-19(23)21-13-18(22)12-15-5-3-2-4-6-15/h2-10,14,18,22H,11-13H2,1H3,(H,21,23). The van der Waals surface area contributed by atoms with Crippen LogP contribution in [0, 0.1) is 5.82 Å². The molecule has 2 atom stereocenters. The Balaban J connectivity index is 1.75. The average Bonchev–Trinajstić information content (AvgIpc) is 2.54. The highest BCUT2D eigenvalue weighted by molar-refractivity contribution is 5.76. The monoisotopic (exact) mass is 315 g/mol.